The fraction of sp³-hybridized carbons (Fsp3) is 0.812. The molecule has 2 saturated heterocycles. The normalized spacial score (nSPS) is 23.8. The van der Waals surface area contributed by atoms with Crippen LogP contribution in [0.1, 0.15) is 37.4 Å². The lowest BCUT2D eigenvalue weighted by atomic mass is 9.98. The Bertz CT molecular complexity index is 530. The van der Waals surface area contributed by atoms with E-state index in [1.54, 1.807) is 0 Å². The lowest BCUT2D eigenvalue weighted by Gasteiger charge is -2.38. The zero-order valence-corrected chi connectivity index (χ0v) is 14.8. The van der Waals surface area contributed by atoms with E-state index in [1.165, 1.54) is 0 Å². The van der Waals surface area contributed by atoms with Crippen LogP contribution in [0.3, 0.4) is 0 Å². The second kappa shape index (κ2) is 7.66. The molecule has 23 heavy (non-hydrogen) atoms. The number of carbonyl (C=O) groups is 1. The van der Waals surface area contributed by atoms with E-state index in [4.69, 9.17) is 4.52 Å². The molecule has 6 nitrogen and oxygen atoms in total. The van der Waals surface area contributed by atoms with Gasteiger partial charge in [-0.05, 0) is 43.7 Å². The highest BCUT2D eigenvalue weighted by atomic mass is 32.2. The minimum Gasteiger partial charge on any atom is -0.341 e. The summed E-state index contributed by atoms with van der Waals surface area (Å²) in [5.41, 5.74) is 0. The average molecular weight is 338 g/mol. The molecule has 3 rings (SSSR count). The SMILES string of the molecule is Cc1nc(CN2CCCC(N(C)C(=O)C3CCSCC3)C2)no1. The van der Waals surface area contributed by atoms with Gasteiger partial charge in [0.15, 0.2) is 5.82 Å². The Balaban J connectivity index is 1.55. The number of likely N-dealkylation sites (N-methyl/N-ethyl adjacent to an activating group) is 1. The number of hydrogen-bond donors (Lipinski definition) is 0. The molecule has 0 N–H and O–H groups in total. The summed E-state index contributed by atoms with van der Waals surface area (Å²) in [4.78, 5) is 21.3. The molecule has 0 bridgehead atoms. The van der Waals surface area contributed by atoms with E-state index < -0.39 is 0 Å². The van der Waals surface area contributed by atoms with E-state index in [9.17, 15) is 4.79 Å². The van der Waals surface area contributed by atoms with Crippen molar-refractivity contribution in [3.05, 3.63) is 11.7 Å². The lowest BCUT2D eigenvalue weighted by Crippen LogP contribution is -2.50. The van der Waals surface area contributed by atoms with Gasteiger partial charge in [-0.3, -0.25) is 9.69 Å². The van der Waals surface area contributed by atoms with Gasteiger partial charge in [-0.25, -0.2) is 0 Å². The van der Waals surface area contributed by atoms with E-state index in [2.05, 4.69) is 15.0 Å². The molecule has 3 heterocycles. The highest BCUT2D eigenvalue weighted by Crippen LogP contribution is 2.26. The maximum absolute atomic E-state index is 12.7. The van der Waals surface area contributed by atoms with Crippen LogP contribution < -0.4 is 0 Å². The van der Waals surface area contributed by atoms with Crippen LogP contribution in [0.2, 0.25) is 0 Å². The van der Waals surface area contributed by atoms with Crippen LogP contribution >= 0.6 is 11.8 Å². The maximum atomic E-state index is 12.7. The van der Waals surface area contributed by atoms with Gasteiger partial charge in [-0.1, -0.05) is 5.16 Å². The van der Waals surface area contributed by atoms with Crippen LogP contribution in [-0.2, 0) is 11.3 Å². The molecule has 0 saturated carbocycles. The van der Waals surface area contributed by atoms with E-state index >= 15 is 0 Å². The van der Waals surface area contributed by atoms with Gasteiger partial charge in [0, 0.05) is 32.5 Å². The molecular weight excluding hydrogens is 312 g/mol. The standard InChI is InChI=1S/C16H26N4O2S/c1-12-17-15(18-22-12)11-20-7-3-4-14(10-20)19(2)16(21)13-5-8-23-9-6-13/h13-14H,3-11H2,1-2H3. The fourth-order valence-electron chi connectivity index (χ4n) is 3.51. The molecule has 0 aromatic carbocycles. The minimum atomic E-state index is 0.233. The maximum Gasteiger partial charge on any atom is 0.225 e. The summed E-state index contributed by atoms with van der Waals surface area (Å²) in [6.07, 6.45) is 4.27. The van der Waals surface area contributed by atoms with Gasteiger partial charge in [-0.2, -0.15) is 16.7 Å². The zero-order valence-electron chi connectivity index (χ0n) is 14.0. The highest BCUT2D eigenvalue weighted by molar-refractivity contribution is 7.99. The number of aryl methyl sites for hydroxylation is 1. The molecule has 0 radical (unpaired) electrons. The number of carbonyl (C=O) groups excluding carboxylic acids is 1. The third kappa shape index (κ3) is 4.26. The number of hydrogen-bond acceptors (Lipinski definition) is 6. The van der Waals surface area contributed by atoms with Crippen molar-refractivity contribution in [2.24, 2.45) is 5.92 Å². The fourth-order valence-corrected chi connectivity index (χ4v) is 4.62. The summed E-state index contributed by atoms with van der Waals surface area (Å²) < 4.78 is 5.04. The first-order valence-corrected chi connectivity index (χ1v) is 9.65. The molecule has 2 fully saturated rings. The van der Waals surface area contributed by atoms with Gasteiger partial charge < -0.3 is 9.42 Å². The summed E-state index contributed by atoms with van der Waals surface area (Å²) in [5.74, 6) is 4.16. The van der Waals surface area contributed by atoms with Crippen molar-refractivity contribution in [1.82, 2.24) is 19.9 Å². The Morgan fingerprint density at radius 2 is 2.17 bits per heavy atom. The number of piperidine rings is 1. The molecule has 1 unspecified atom stereocenters. The van der Waals surface area contributed by atoms with E-state index in [0.717, 1.165) is 56.1 Å². The van der Waals surface area contributed by atoms with Crippen LogP contribution in [0, 0.1) is 12.8 Å². The number of likely N-dealkylation sites (tertiary alicyclic amines) is 1. The van der Waals surface area contributed by atoms with E-state index in [1.807, 2.05) is 30.6 Å². The zero-order chi connectivity index (χ0) is 16.2. The summed E-state index contributed by atoms with van der Waals surface area (Å²) >= 11 is 1.97. The monoisotopic (exact) mass is 338 g/mol. The van der Waals surface area contributed by atoms with Crippen molar-refractivity contribution in [3.8, 4) is 0 Å². The van der Waals surface area contributed by atoms with Crippen molar-refractivity contribution in [1.29, 1.82) is 0 Å². The van der Waals surface area contributed by atoms with Crippen molar-refractivity contribution >= 4 is 17.7 Å². The Morgan fingerprint density at radius 1 is 1.39 bits per heavy atom. The Morgan fingerprint density at radius 3 is 2.87 bits per heavy atom. The molecular formula is C16H26N4O2S. The molecule has 1 aromatic rings. The molecule has 1 amide bonds. The Labute approximate surface area is 142 Å². The summed E-state index contributed by atoms with van der Waals surface area (Å²) in [6, 6.07) is 0.304. The van der Waals surface area contributed by atoms with Gasteiger partial charge >= 0.3 is 0 Å². The van der Waals surface area contributed by atoms with E-state index in [0.29, 0.717) is 24.4 Å². The highest BCUT2D eigenvalue weighted by Gasteiger charge is 2.31. The molecule has 1 aromatic heterocycles. The van der Waals surface area contributed by atoms with Gasteiger partial charge in [0.05, 0.1) is 6.54 Å². The smallest absolute Gasteiger partial charge is 0.225 e. The number of nitrogens with zero attached hydrogens (tertiary/aromatic N) is 4. The third-order valence-electron chi connectivity index (χ3n) is 4.88. The predicted octanol–water partition coefficient (Wildman–Crippen LogP) is 1.94. The number of thioether (sulfide) groups is 1. The molecule has 2 aliphatic heterocycles. The van der Waals surface area contributed by atoms with Crippen molar-refractivity contribution in [2.75, 3.05) is 31.6 Å². The Hall–Kier alpha value is -1.08. The third-order valence-corrected chi connectivity index (χ3v) is 5.93. The number of aromatic nitrogens is 2. The number of amides is 1. The van der Waals surface area contributed by atoms with Crippen LogP contribution in [0.25, 0.3) is 0 Å². The van der Waals surface area contributed by atoms with Gasteiger partial charge in [0.25, 0.3) is 0 Å². The molecule has 1 atom stereocenters. The molecule has 2 aliphatic rings. The topological polar surface area (TPSA) is 62.5 Å². The van der Waals surface area contributed by atoms with Crippen molar-refractivity contribution in [3.63, 3.8) is 0 Å². The second-order valence-electron chi connectivity index (χ2n) is 6.60. The van der Waals surface area contributed by atoms with Crippen molar-refractivity contribution in [2.45, 2.75) is 45.2 Å². The molecule has 0 aliphatic carbocycles. The van der Waals surface area contributed by atoms with Crippen molar-refractivity contribution < 1.29 is 9.32 Å². The lowest BCUT2D eigenvalue weighted by molar-refractivity contribution is -0.137. The van der Waals surface area contributed by atoms with Gasteiger partial charge in [0.2, 0.25) is 11.8 Å². The predicted molar refractivity (Wildman–Crippen MR) is 90.2 cm³/mol. The molecule has 7 heteroatoms. The molecule has 128 valence electrons. The van der Waals surface area contributed by atoms with Crippen LogP contribution in [-0.4, -0.2) is 63.5 Å². The van der Waals surface area contributed by atoms with Crippen LogP contribution in [0.5, 0.6) is 0 Å². The van der Waals surface area contributed by atoms with Crippen LogP contribution in [0.15, 0.2) is 4.52 Å². The minimum absolute atomic E-state index is 0.233. The Kier molecular flexibility index (Phi) is 5.58. The molecule has 0 spiro atoms. The average Bonchev–Trinajstić information content (AvgIpc) is 2.99. The summed E-state index contributed by atoms with van der Waals surface area (Å²) in [5, 5.41) is 3.98. The first kappa shape index (κ1) is 16.8. The largest absolute Gasteiger partial charge is 0.341 e. The van der Waals surface area contributed by atoms with E-state index in [-0.39, 0.29) is 5.92 Å². The first-order valence-electron chi connectivity index (χ1n) is 8.49. The second-order valence-corrected chi connectivity index (χ2v) is 7.82. The van der Waals surface area contributed by atoms with Gasteiger partial charge in [-0.15, -0.1) is 0 Å². The summed E-state index contributed by atoms with van der Waals surface area (Å²) in [6.45, 7) is 4.45. The first-order chi connectivity index (χ1) is 11.1. The number of rotatable bonds is 4. The van der Waals surface area contributed by atoms with Gasteiger partial charge in [0.1, 0.15) is 0 Å². The quantitative estimate of drug-likeness (QED) is 0.836. The van der Waals surface area contributed by atoms with Crippen LogP contribution in [0.4, 0.5) is 0 Å². The summed E-state index contributed by atoms with van der Waals surface area (Å²) in [7, 11) is 1.98.